The molecule has 0 spiro atoms. The van der Waals surface area contributed by atoms with Gasteiger partial charge in [0.1, 0.15) is 5.75 Å². The van der Waals surface area contributed by atoms with Crippen LogP contribution < -0.4 is 15.4 Å². The fraction of sp³-hybridized carbons (Fsp3) is 0.632. The lowest BCUT2D eigenvalue weighted by Gasteiger charge is -2.35. The Bertz CT molecular complexity index is 537. The summed E-state index contributed by atoms with van der Waals surface area (Å²) in [5, 5.41) is 6.44. The first kappa shape index (κ1) is 17.2. The smallest absolute Gasteiger partial charge is 0.237 e. The second kappa shape index (κ2) is 8.49. The SMILES string of the molecule is COc1ccccc1C(CNC(=O)C1CCCN1)N1CCCCC1. The number of hydrogen-bond donors (Lipinski definition) is 2. The Morgan fingerprint density at radius 1 is 1.29 bits per heavy atom. The second-order valence-electron chi connectivity index (χ2n) is 6.75. The number of rotatable bonds is 6. The van der Waals surface area contributed by atoms with Gasteiger partial charge < -0.3 is 15.4 Å². The van der Waals surface area contributed by atoms with Crippen molar-refractivity contribution in [1.82, 2.24) is 15.5 Å². The van der Waals surface area contributed by atoms with Crippen molar-refractivity contribution in [2.75, 3.05) is 33.3 Å². The highest BCUT2D eigenvalue weighted by molar-refractivity contribution is 5.82. The molecule has 0 bridgehead atoms. The fourth-order valence-electron chi connectivity index (χ4n) is 3.84. The third-order valence-electron chi connectivity index (χ3n) is 5.18. The average Bonchev–Trinajstić information content (AvgIpc) is 3.18. The quantitative estimate of drug-likeness (QED) is 0.838. The van der Waals surface area contributed by atoms with Crippen molar-refractivity contribution in [3.05, 3.63) is 29.8 Å². The standard InChI is InChI=1S/C19H29N3O2/c1-24-18-10-4-3-8-15(18)17(22-12-5-2-6-13-22)14-21-19(23)16-9-7-11-20-16/h3-4,8,10,16-17,20H,2,5-7,9,11-14H2,1H3,(H,21,23). The minimum absolute atomic E-state index is 0.0234. The molecule has 2 aliphatic rings. The largest absolute Gasteiger partial charge is 0.496 e. The molecule has 2 saturated heterocycles. The normalized spacial score (nSPS) is 23.0. The molecule has 3 rings (SSSR count). The van der Waals surface area contributed by atoms with Gasteiger partial charge in [0.05, 0.1) is 19.2 Å². The van der Waals surface area contributed by atoms with Crippen molar-refractivity contribution in [2.45, 2.75) is 44.2 Å². The fourth-order valence-corrected chi connectivity index (χ4v) is 3.84. The number of nitrogens with zero attached hydrogens (tertiary/aromatic N) is 1. The molecule has 0 saturated carbocycles. The Labute approximate surface area is 144 Å². The van der Waals surface area contributed by atoms with Crippen LogP contribution in [0.3, 0.4) is 0 Å². The lowest BCUT2D eigenvalue weighted by atomic mass is 10.0. The van der Waals surface area contributed by atoms with E-state index < -0.39 is 0 Å². The maximum atomic E-state index is 12.4. The summed E-state index contributed by atoms with van der Waals surface area (Å²) in [6, 6.07) is 8.33. The molecule has 0 aromatic heterocycles. The Hall–Kier alpha value is -1.59. The van der Waals surface area contributed by atoms with E-state index in [0.717, 1.165) is 38.2 Å². The minimum Gasteiger partial charge on any atom is -0.496 e. The van der Waals surface area contributed by atoms with Gasteiger partial charge in [-0.15, -0.1) is 0 Å². The highest BCUT2D eigenvalue weighted by Crippen LogP contribution is 2.30. The van der Waals surface area contributed by atoms with E-state index in [1.807, 2.05) is 12.1 Å². The highest BCUT2D eigenvalue weighted by Gasteiger charge is 2.27. The van der Waals surface area contributed by atoms with E-state index in [0.29, 0.717) is 6.54 Å². The Morgan fingerprint density at radius 3 is 2.79 bits per heavy atom. The lowest BCUT2D eigenvalue weighted by molar-refractivity contribution is -0.123. The van der Waals surface area contributed by atoms with Gasteiger partial charge in [-0.3, -0.25) is 9.69 Å². The summed E-state index contributed by atoms with van der Waals surface area (Å²) in [5.74, 6) is 1.03. The third kappa shape index (κ3) is 4.08. The summed E-state index contributed by atoms with van der Waals surface area (Å²) < 4.78 is 5.57. The lowest BCUT2D eigenvalue weighted by Crippen LogP contribution is -2.45. The van der Waals surface area contributed by atoms with Gasteiger partial charge >= 0.3 is 0 Å². The number of amides is 1. The number of ether oxygens (including phenoxy) is 1. The number of carbonyl (C=O) groups is 1. The van der Waals surface area contributed by atoms with Crippen molar-refractivity contribution >= 4 is 5.91 Å². The van der Waals surface area contributed by atoms with Crippen molar-refractivity contribution in [3.63, 3.8) is 0 Å². The van der Waals surface area contributed by atoms with Gasteiger partial charge in [-0.05, 0) is 51.4 Å². The van der Waals surface area contributed by atoms with Gasteiger partial charge in [-0.2, -0.15) is 0 Å². The van der Waals surface area contributed by atoms with Crippen LogP contribution in [0, 0.1) is 0 Å². The zero-order valence-electron chi connectivity index (χ0n) is 14.6. The molecule has 24 heavy (non-hydrogen) atoms. The van der Waals surface area contributed by atoms with Crippen LogP contribution in [-0.4, -0.2) is 50.1 Å². The summed E-state index contributed by atoms with van der Waals surface area (Å²) in [4.78, 5) is 14.9. The zero-order chi connectivity index (χ0) is 16.8. The molecular formula is C19H29N3O2. The molecule has 1 aromatic rings. The molecule has 1 aromatic carbocycles. The molecule has 5 nitrogen and oxygen atoms in total. The molecule has 2 fully saturated rings. The van der Waals surface area contributed by atoms with E-state index in [1.54, 1.807) is 7.11 Å². The van der Waals surface area contributed by atoms with Crippen molar-refractivity contribution in [1.29, 1.82) is 0 Å². The topological polar surface area (TPSA) is 53.6 Å². The summed E-state index contributed by atoms with van der Waals surface area (Å²) in [5.41, 5.74) is 1.17. The van der Waals surface area contributed by atoms with Crippen LogP contribution in [-0.2, 0) is 4.79 Å². The van der Waals surface area contributed by atoms with Crippen LogP contribution in [0.5, 0.6) is 5.75 Å². The maximum Gasteiger partial charge on any atom is 0.237 e. The number of nitrogens with one attached hydrogen (secondary N) is 2. The second-order valence-corrected chi connectivity index (χ2v) is 6.75. The minimum atomic E-state index is -0.0234. The maximum absolute atomic E-state index is 12.4. The molecule has 132 valence electrons. The summed E-state index contributed by atoms with van der Waals surface area (Å²) in [6.07, 6.45) is 5.77. The van der Waals surface area contributed by atoms with Gasteiger partial charge in [0.25, 0.3) is 0 Å². The molecule has 0 aliphatic carbocycles. The van der Waals surface area contributed by atoms with E-state index in [1.165, 1.54) is 24.8 Å². The number of benzene rings is 1. The van der Waals surface area contributed by atoms with Crippen molar-refractivity contribution < 1.29 is 9.53 Å². The molecule has 2 aliphatic heterocycles. The van der Waals surface area contributed by atoms with Crippen LogP contribution in [0.4, 0.5) is 0 Å². The summed E-state index contributed by atoms with van der Waals surface area (Å²) in [6.45, 7) is 3.75. The molecule has 2 N–H and O–H groups in total. The third-order valence-corrected chi connectivity index (χ3v) is 5.18. The Balaban J connectivity index is 1.72. The van der Waals surface area contributed by atoms with Crippen LogP contribution in [0.2, 0.25) is 0 Å². The number of likely N-dealkylation sites (tertiary alicyclic amines) is 1. The molecule has 2 unspecified atom stereocenters. The number of carbonyl (C=O) groups excluding carboxylic acids is 1. The van der Waals surface area contributed by atoms with E-state index in [4.69, 9.17) is 4.74 Å². The molecule has 2 atom stereocenters. The number of piperidine rings is 1. The summed E-state index contributed by atoms with van der Waals surface area (Å²) in [7, 11) is 1.72. The zero-order valence-corrected chi connectivity index (χ0v) is 14.6. The van der Waals surface area contributed by atoms with Gasteiger partial charge in [0.2, 0.25) is 5.91 Å². The first-order chi connectivity index (χ1) is 11.8. The van der Waals surface area contributed by atoms with Gasteiger partial charge in [0.15, 0.2) is 0 Å². The molecule has 2 heterocycles. The van der Waals surface area contributed by atoms with Crippen LogP contribution >= 0.6 is 0 Å². The van der Waals surface area contributed by atoms with Crippen LogP contribution in [0.15, 0.2) is 24.3 Å². The predicted molar refractivity (Wildman–Crippen MR) is 95.2 cm³/mol. The molecule has 1 amide bonds. The molecule has 5 heteroatoms. The van der Waals surface area contributed by atoms with E-state index in [-0.39, 0.29) is 18.0 Å². The average molecular weight is 331 g/mol. The first-order valence-corrected chi connectivity index (χ1v) is 9.17. The predicted octanol–water partition coefficient (Wildman–Crippen LogP) is 2.09. The van der Waals surface area contributed by atoms with Crippen LogP contribution in [0.1, 0.15) is 43.7 Å². The molecule has 0 radical (unpaired) electrons. The highest BCUT2D eigenvalue weighted by atomic mass is 16.5. The Morgan fingerprint density at radius 2 is 2.08 bits per heavy atom. The monoisotopic (exact) mass is 331 g/mol. The van der Waals surface area contributed by atoms with Gasteiger partial charge in [-0.25, -0.2) is 0 Å². The number of para-hydroxylation sites is 1. The van der Waals surface area contributed by atoms with Crippen LogP contribution in [0.25, 0.3) is 0 Å². The van der Waals surface area contributed by atoms with Gasteiger partial charge in [-0.1, -0.05) is 24.6 Å². The first-order valence-electron chi connectivity index (χ1n) is 9.17. The number of hydrogen-bond acceptors (Lipinski definition) is 4. The van der Waals surface area contributed by atoms with E-state index in [2.05, 4.69) is 27.7 Å². The van der Waals surface area contributed by atoms with Gasteiger partial charge in [0, 0.05) is 12.1 Å². The summed E-state index contributed by atoms with van der Waals surface area (Å²) >= 11 is 0. The Kier molecular flexibility index (Phi) is 6.10. The molecular weight excluding hydrogens is 302 g/mol. The van der Waals surface area contributed by atoms with E-state index >= 15 is 0 Å². The van der Waals surface area contributed by atoms with E-state index in [9.17, 15) is 4.79 Å². The van der Waals surface area contributed by atoms with Crippen molar-refractivity contribution in [3.8, 4) is 5.75 Å². The van der Waals surface area contributed by atoms with Crippen molar-refractivity contribution in [2.24, 2.45) is 0 Å². The number of methoxy groups -OCH3 is 1.